The standard InChI is InChI=1S/C18H19NO4/c1-13(14-6-3-2-4-7-14)10-17(20)19-15-8-5-9-16(11-15)23-12-18(21)22/h2-9,11,13H,10,12H2,1H3,(H,19,20)(H,21,22)/t13-/m0/s1. The Kier molecular flexibility index (Phi) is 5.74. The molecular formula is C18H19NO4. The molecule has 120 valence electrons. The van der Waals surface area contributed by atoms with E-state index in [1.54, 1.807) is 24.3 Å². The van der Waals surface area contributed by atoms with Crippen molar-refractivity contribution < 1.29 is 19.4 Å². The van der Waals surface area contributed by atoms with Gasteiger partial charge in [-0.05, 0) is 23.6 Å². The lowest BCUT2D eigenvalue weighted by molar-refractivity contribution is -0.139. The predicted molar refractivity (Wildman–Crippen MR) is 87.7 cm³/mol. The molecule has 0 unspecified atom stereocenters. The van der Waals surface area contributed by atoms with Crippen molar-refractivity contribution in [2.75, 3.05) is 11.9 Å². The lowest BCUT2D eigenvalue weighted by Crippen LogP contribution is -2.14. The third-order valence-electron chi connectivity index (χ3n) is 3.34. The molecule has 1 atom stereocenters. The topological polar surface area (TPSA) is 75.6 Å². The molecule has 1 amide bonds. The molecule has 5 heteroatoms. The maximum Gasteiger partial charge on any atom is 0.341 e. The van der Waals surface area contributed by atoms with Gasteiger partial charge in [0.2, 0.25) is 5.91 Å². The summed E-state index contributed by atoms with van der Waals surface area (Å²) in [5, 5.41) is 11.4. The lowest BCUT2D eigenvalue weighted by Gasteiger charge is -2.12. The van der Waals surface area contributed by atoms with Crippen molar-refractivity contribution >= 4 is 17.6 Å². The lowest BCUT2D eigenvalue weighted by atomic mass is 9.97. The summed E-state index contributed by atoms with van der Waals surface area (Å²) >= 11 is 0. The Labute approximate surface area is 134 Å². The highest BCUT2D eigenvalue weighted by Gasteiger charge is 2.11. The van der Waals surface area contributed by atoms with Gasteiger partial charge in [-0.1, -0.05) is 43.3 Å². The van der Waals surface area contributed by atoms with Crippen molar-refractivity contribution in [3.8, 4) is 5.75 Å². The van der Waals surface area contributed by atoms with Crippen molar-refractivity contribution in [1.29, 1.82) is 0 Å². The molecule has 0 aromatic heterocycles. The summed E-state index contributed by atoms with van der Waals surface area (Å²) in [5.74, 6) is -0.628. The van der Waals surface area contributed by atoms with E-state index < -0.39 is 12.6 Å². The van der Waals surface area contributed by atoms with Gasteiger partial charge in [-0.3, -0.25) is 4.79 Å². The molecule has 2 N–H and O–H groups in total. The summed E-state index contributed by atoms with van der Waals surface area (Å²) in [5.41, 5.74) is 1.69. The number of amides is 1. The van der Waals surface area contributed by atoms with Crippen LogP contribution in [0.4, 0.5) is 5.69 Å². The quantitative estimate of drug-likeness (QED) is 0.822. The number of hydrogen-bond donors (Lipinski definition) is 2. The Hall–Kier alpha value is -2.82. The fraction of sp³-hybridized carbons (Fsp3) is 0.222. The fourth-order valence-electron chi connectivity index (χ4n) is 2.20. The highest BCUT2D eigenvalue weighted by atomic mass is 16.5. The largest absolute Gasteiger partial charge is 0.482 e. The van der Waals surface area contributed by atoms with E-state index >= 15 is 0 Å². The molecule has 0 spiro atoms. The van der Waals surface area contributed by atoms with Gasteiger partial charge in [-0.25, -0.2) is 4.79 Å². The van der Waals surface area contributed by atoms with Gasteiger partial charge in [0.25, 0.3) is 0 Å². The van der Waals surface area contributed by atoms with Gasteiger partial charge < -0.3 is 15.2 Å². The predicted octanol–water partition coefficient (Wildman–Crippen LogP) is 3.28. The molecule has 0 aliphatic carbocycles. The van der Waals surface area contributed by atoms with E-state index in [-0.39, 0.29) is 11.8 Å². The zero-order valence-corrected chi connectivity index (χ0v) is 12.9. The molecule has 0 aliphatic heterocycles. The van der Waals surface area contributed by atoms with Crippen molar-refractivity contribution in [2.45, 2.75) is 19.3 Å². The maximum absolute atomic E-state index is 12.1. The van der Waals surface area contributed by atoms with E-state index in [2.05, 4.69) is 5.32 Å². The molecular weight excluding hydrogens is 294 g/mol. The summed E-state index contributed by atoms with van der Waals surface area (Å²) in [4.78, 5) is 22.6. The smallest absolute Gasteiger partial charge is 0.341 e. The number of hydrogen-bond acceptors (Lipinski definition) is 3. The molecule has 0 saturated heterocycles. The minimum absolute atomic E-state index is 0.100. The number of ether oxygens (including phenoxy) is 1. The fourth-order valence-corrected chi connectivity index (χ4v) is 2.20. The average Bonchev–Trinajstić information content (AvgIpc) is 2.54. The summed E-state index contributed by atoms with van der Waals surface area (Å²) in [6.07, 6.45) is 0.365. The molecule has 23 heavy (non-hydrogen) atoms. The van der Waals surface area contributed by atoms with Gasteiger partial charge in [0.1, 0.15) is 5.75 Å². The first-order valence-electron chi connectivity index (χ1n) is 7.34. The minimum atomic E-state index is -1.05. The number of nitrogens with one attached hydrogen (secondary N) is 1. The normalized spacial score (nSPS) is 11.5. The second-order valence-electron chi connectivity index (χ2n) is 5.27. The van der Waals surface area contributed by atoms with Gasteiger partial charge in [-0.15, -0.1) is 0 Å². The SMILES string of the molecule is C[C@@H](CC(=O)Nc1cccc(OCC(=O)O)c1)c1ccccc1. The number of carbonyl (C=O) groups is 2. The number of carbonyl (C=O) groups excluding carboxylic acids is 1. The van der Waals surface area contributed by atoms with Gasteiger partial charge in [0.15, 0.2) is 6.61 Å². The molecule has 0 saturated carbocycles. The summed E-state index contributed by atoms with van der Waals surface area (Å²) in [6.45, 7) is 1.59. The monoisotopic (exact) mass is 313 g/mol. The van der Waals surface area contributed by atoms with Crippen molar-refractivity contribution in [3.63, 3.8) is 0 Å². The van der Waals surface area contributed by atoms with Crippen LogP contribution in [0.15, 0.2) is 54.6 Å². The van der Waals surface area contributed by atoms with Crippen LogP contribution < -0.4 is 10.1 Å². The van der Waals surface area contributed by atoms with Crippen LogP contribution in [0.1, 0.15) is 24.8 Å². The molecule has 0 fully saturated rings. The number of anilines is 1. The second kappa shape index (κ2) is 7.98. The van der Waals surface area contributed by atoms with E-state index in [1.807, 2.05) is 37.3 Å². The highest BCUT2D eigenvalue weighted by Crippen LogP contribution is 2.21. The van der Waals surface area contributed by atoms with E-state index in [0.717, 1.165) is 5.56 Å². The zero-order chi connectivity index (χ0) is 16.7. The van der Waals surface area contributed by atoms with Gasteiger partial charge in [0, 0.05) is 18.2 Å². The van der Waals surface area contributed by atoms with Gasteiger partial charge in [0.05, 0.1) is 0 Å². The molecule has 2 rings (SSSR count). The molecule has 0 aliphatic rings. The number of benzene rings is 2. The van der Waals surface area contributed by atoms with Crippen LogP contribution in [0, 0.1) is 0 Å². The van der Waals surface area contributed by atoms with E-state index in [1.165, 1.54) is 0 Å². The van der Waals surface area contributed by atoms with Crippen LogP contribution >= 0.6 is 0 Å². The van der Waals surface area contributed by atoms with Crippen LogP contribution in [-0.4, -0.2) is 23.6 Å². The number of carboxylic acids is 1. The average molecular weight is 313 g/mol. The molecule has 0 radical (unpaired) electrons. The number of rotatable bonds is 7. The Balaban J connectivity index is 1.92. The Bertz CT molecular complexity index is 670. The van der Waals surface area contributed by atoms with Crippen LogP contribution in [0.25, 0.3) is 0 Å². The minimum Gasteiger partial charge on any atom is -0.482 e. The van der Waals surface area contributed by atoms with Crippen LogP contribution in [-0.2, 0) is 9.59 Å². The number of carboxylic acid groups (broad SMARTS) is 1. The second-order valence-corrected chi connectivity index (χ2v) is 5.27. The number of aliphatic carboxylic acids is 1. The Morgan fingerprint density at radius 3 is 2.57 bits per heavy atom. The summed E-state index contributed by atoms with van der Waals surface area (Å²) in [6, 6.07) is 16.5. The summed E-state index contributed by atoms with van der Waals surface area (Å²) < 4.78 is 5.09. The van der Waals surface area contributed by atoms with Crippen molar-refractivity contribution in [2.24, 2.45) is 0 Å². The third kappa shape index (κ3) is 5.47. The first-order valence-corrected chi connectivity index (χ1v) is 7.34. The van der Waals surface area contributed by atoms with Crippen molar-refractivity contribution in [1.82, 2.24) is 0 Å². The van der Waals surface area contributed by atoms with Gasteiger partial charge >= 0.3 is 5.97 Å². The van der Waals surface area contributed by atoms with Crippen LogP contribution in [0.3, 0.4) is 0 Å². The highest BCUT2D eigenvalue weighted by molar-refractivity contribution is 5.91. The molecule has 2 aromatic rings. The first-order chi connectivity index (χ1) is 11.0. The van der Waals surface area contributed by atoms with Gasteiger partial charge in [-0.2, -0.15) is 0 Å². The van der Waals surface area contributed by atoms with E-state index in [0.29, 0.717) is 17.9 Å². The van der Waals surface area contributed by atoms with E-state index in [4.69, 9.17) is 9.84 Å². The zero-order valence-electron chi connectivity index (χ0n) is 12.9. The first kappa shape index (κ1) is 16.5. The van der Waals surface area contributed by atoms with Crippen LogP contribution in [0.5, 0.6) is 5.75 Å². The third-order valence-corrected chi connectivity index (χ3v) is 3.34. The maximum atomic E-state index is 12.1. The van der Waals surface area contributed by atoms with E-state index in [9.17, 15) is 9.59 Å². The Morgan fingerprint density at radius 2 is 1.87 bits per heavy atom. The Morgan fingerprint density at radius 1 is 1.13 bits per heavy atom. The van der Waals surface area contributed by atoms with Crippen molar-refractivity contribution in [3.05, 3.63) is 60.2 Å². The molecule has 0 heterocycles. The molecule has 5 nitrogen and oxygen atoms in total. The molecule has 2 aromatic carbocycles. The molecule has 0 bridgehead atoms. The summed E-state index contributed by atoms with van der Waals surface area (Å²) in [7, 11) is 0. The van der Waals surface area contributed by atoms with Crippen LogP contribution in [0.2, 0.25) is 0 Å².